The number of hydrogen-bond donors (Lipinski definition) is 0. The van der Waals surface area contributed by atoms with E-state index < -0.39 is 5.41 Å². The Balaban J connectivity index is 1.71. The van der Waals surface area contributed by atoms with Gasteiger partial charge in [0.05, 0.1) is 22.2 Å². The highest BCUT2D eigenvalue weighted by Gasteiger charge is 2.32. The van der Waals surface area contributed by atoms with Gasteiger partial charge in [0.2, 0.25) is 0 Å². The van der Waals surface area contributed by atoms with Gasteiger partial charge in [-0.25, -0.2) is 9.78 Å². The molecular formula is C20H25ClN2O2S. The molecule has 1 atom stereocenters. The van der Waals surface area contributed by atoms with E-state index in [-0.39, 0.29) is 12.0 Å². The first-order valence-electron chi connectivity index (χ1n) is 9.01. The van der Waals surface area contributed by atoms with Crippen LogP contribution in [-0.2, 0) is 16.1 Å². The molecule has 0 spiro atoms. The van der Waals surface area contributed by atoms with Crippen LogP contribution in [0, 0.1) is 5.41 Å². The lowest BCUT2D eigenvalue weighted by Crippen LogP contribution is -2.39. The van der Waals surface area contributed by atoms with Gasteiger partial charge in [0.25, 0.3) is 0 Å². The molecule has 1 aliphatic rings. The molecule has 140 valence electrons. The predicted molar refractivity (Wildman–Crippen MR) is 105 cm³/mol. The summed E-state index contributed by atoms with van der Waals surface area (Å²) in [5, 5.41) is 5.74. The summed E-state index contributed by atoms with van der Waals surface area (Å²) in [6.45, 7) is 6.39. The van der Waals surface area contributed by atoms with E-state index in [2.05, 4.69) is 5.38 Å². The molecule has 1 fully saturated rings. The van der Waals surface area contributed by atoms with Crippen LogP contribution in [0.2, 0.25) is 5.02 Å². The standard InChI is InChI=1S/C20H25ClN2O2S/c1-20(2,3)19(24)25-23-11-5-4-6-17(23)16-13-26-18(22-16)12-14-7-9-15(21)10-8-14/h7-10,13,17H,4-6,11-12H2,1-3H3/t17-/m1/s1. The number of hydrogen-bond acceptors (Lipinski definition) is 5. The maximum Gasteiger partial charge on any atom is 0.330 e. The second kappa shape index (κ2) is 8.07. The lowest BCUT2D eigenvalue weighted by Gasteiger charge is -2.34. The Kier molecular flexibility index (Phi) is 6.00. The van der Waals surface area contributed by atoms with Crippen LogP contribution < -0.4 is 0 Å². The number of halogens is 1. The van der Waals surface area contributed by atoms with Crippen LogP contribution in [0.4, 0.5) is 0 Å². The summed E-state index contributed by atoms with van der Waals surface area (Å²) in [5.74, 6) is -0.194. The molecule has 6 heteroatoms. The van der Waals surface area contributed by atoms with Crippen LogP contribution in [0.25, 0.3) is 0 Å². The molecule has 2 heterocycles. The van der Waals surface area contributed by atoms with Gasteiger partial charge in [0.1, 0.15) is 0 Å². The van der Waals surface area contributed by atoms with Crippen molar-refractivity contribution in [3.05, 3.63) is 50.9 Å². The third kappa shape index (κ3) is 4.84. The zero-order valence-corrected chi connectivity index (χ0v) is 17.1. The Bertz CT molecular complexity index is 752. The van der Waals surface area contributed by atoms with E-state index in [1.54, 1.807) is 11.3 Å². The Morgan fingerprint density at radius 1 is 1.31 bits per heavy atom. The normalized spacial score (nSPS) is 18.7. The summed E-state index contributed by atoms with van der Waals surface area (Å²) in [6.07, 6.45) is 3.91. The monoisotopic (exact) mass is 392 g/mol. The molecule has 4 nitrogen and oxygen atoms in total. The number of aromatic nitrogens is 1. The predicted octanol–water partition coefficient (Wildman–Crippen LogP) is 5.42. The largest absolute Gasteiger partial charge is 0.367 e. The van der Waals surface area contributed by atoms with Gasteiger partial charge in [0, 0.05) is 23.4 Å². The zero-order valence-electron chi connectivity index (χ0n) is 15.5. The molecular weight excluding hydrogens is 368 g/mol. The molecule has 0 radical (unpaired) electrons. The quantitative estimate of drug-likeness (QED) is 0.696. The maximum absolute atomic E-state index is 12.3. The van der Waals surface area contributed by atoms with Crippen molar-refractivity contribution in [2.75, 3.05) is 6.54 Å². The summed E-state index contributed by atoms with van der Waals surface area (Å²) < 4.78 is 0. The number of hydroxylamine groups is 2. The third-order valence-corrected chi connectivity index (χ3v) is 5.56. The summed E-state index contributed by atoms with van der Waals surface area (Å²) >= 11 is 7.61. The van der Waals surface area contributed by atoms with Crippen LogP contribution in [0.5, 0.6) is 0 Å². The number of rotatable bonds is 4. The van der Waals surface area contributed by atoms with Crippen molar-refractivity contribution in [2.24, 2.45) is 5.41 Å². The minimum absolute atomic E-state index is 0.0465. The summed E-state index contributed by atoms with van der Waals surface area (Å²) in [4.78, 5) is 22.8. The van der Waals surface area contributed by atoms with Crippen LogP contribution in [0.3, 0.4) is 0 Å². The average Bonchev–Trinajstić information content (AvgIpc) is 3.05. The summed E-state index contributed by atoms with van der Waals surface area (Å²) in [7, 11) is 0. The van der Waals surface area contributed by atoms with E-state index in [0.29, 0.717) is 0 Å². The summed E-state index contributed by atoms with van der Waals surface area (Å²) in [5.41, 5.74) is 1.68. The van der Waals surface area contributed by atoms with E-state index >= 15 is 0 Å². The van der Waals surface area contributed by atoms with Gasteiger partial charge in [-0.2, -0.15) is 0 Å². The first-order chi connectivity index (χ1) is 12.3. The SMILES string of the molecule is CC(C)(C)C(=O)ON1CCCC[C@@H]1c1csc(Cc2ccc(Cl)cc2)n1. The third-order valence-electron chi connectivity index (χ3n) is 4.45. The molecule has 1 aromatic carbocycles. The van der Waals surface area contributed by atoms with Crippen molar-refractivity contribution in [3.8, 4) is 0 Å². The van der Waals surface area contributed by atoms with Crippen molar-refractivity contribution in [2.45, 2.75) is 52.5 Å². The van der Waals surface area contributed by atoms with E-state index in [1.165, 1.54) is 5.56 Å². The first kappa shape index (κ1) is 19.3. The number of thiazole rings is 1. The molecule has 26 heavy (non-hydrogen) atoms. The van der Waals surface area contributed by atoms with Crippen LogP contribution >= 0.6 is 22.9 Å². The second-order valence-corrected chi connectivity index (χ2v) is 9.13. The fourth-order valence-electron chi connectivity index (χ4n) is 2.89. The van der Waals surface area contributed by atoms with Gasteiger partial charge in [-0.05, 0) is 57.7 Å². The number of benzene rings is 1. The topological polar surface area (TPSA) is 42.4 Å². The maximum atomic E-state index is 12.3. The minimum atomic E-state index is -0.510. The van der Waals surface area contributed by atoms with Crippen molar-refractivity contribution >= 4 is 28.9 Å². The van der Waals surface area contributed by atoms with Gasteiger partial charge in [-0.3, -0.25) is 0 Å². The van der Waals surface area contributed by atoms with Gasteiger partial charge in [-0.1, -0.05) is 23.7 Å². The van der Waals surface area contributed by atoms with E-state index in [1.807, 2.05) is 50.1 Å². The van der Waals surface area contributed by atoms with Gasteiger partial charge in [-0.15, -0.1) is 16.4 Å². The van der Waals surface area contributed by atoms with Crippen molar-refractivity contribution in [1.82, 2.24) is 10.0 Å². The molecule has 1 aromatic heterocycles. The molecule has 0 aliphatic carbocycles. The van der Waals surface area contributed by atoms with Gasteiger partial charge < -0.3 is 4.84 Å². The van der Waals surface area contributed by atoms with Crippen LogP contribution in [0.15, 0.2) is 29.6 Å². The Hall–Kier alpha value is -1.43. The molecule has 0 saturated carbocycles. The fraction of sp³-hybridized carbons (Fsp3) is 0.500. The molecule has 3 rings (SSSR count). The number of carbonyl (C=O) groups is 1. The van der Waals surface area contributed by atoms with E-state index in [0.717, 1.165) is 48.0 Å². The highest BCUT2D eigenvalue weighted by Crippen LogP contribution is 2.33. The molecule has 1 aliphatic heterocycles. The highest BCUT2D eigenvalue weighted by molar-refractivity contribution is 7.09. The molecule has 0 bridgehead atoms. The van der Waals surface area contributed by atoms with Crippen molar-refractivity contribution in [3.63, 3.8) is 0 Å². The zero-order chi connectivity index (χ0) is 18.7. The first-order valence-corrected chi connectivity index (χ1v) is 10.3. The van der Waals surface area contributed by atoms with E-state index in [9.17, 15) is 4.79 Å². The number of nitrogens with zero attached hydrogens (tertiary/aromatic N) is 2. The highest BCUT2D eigenvalue weighted by atomic mass is 35.5. The van der Waals surface area contributed by atoms with Gasteiger partial charge >= 0.3 is 5.97 Å². The van der Waals surface area contributed by atoms with E-state index in [4.69, 9.17) is 21.4 Å². The average molecular weight is 393 g/mol. The minimum Gasteiger partial charge on any atom is -0.367 e. The van der Waals surface area contributed by atoms with Crippen molar-refractivity contribution < 1.29 is 9.63 Å². The van der Waals surface area contributed by atoms with Gasteiger partial charge in [0.15, 0.2) is 0 Å². The molecule has 0 unspecified atom stereocenters. The smallest absolute Gasteiger partial charge is 0.330 e. The Morgan fingerprint density at radius 2 is 2.04 bits per heavy atom. The van der Waals surface area contributed by atoms with Crippen LogP contribution in [0.1, 0.15) is 62.3 Å². The number of carbonyl (C=O) groups excluding carboxylic acids is 1. The Morgan fingerprint density at radius 3 is 2.73 bits per heavy atom. The second-order valence-electron chi connectivity index (χ2n) is 7.75. The molecule has 0 N–H and O–H groups in total. The summed E-state index contributed by atoms with van der Waals surface area (Å²) in [6, 6.07) is 7.91. The molecule has 0 amide bonds. The number of piperidine rings is 1. The lowest BCUT2D eigenvalue weighted by molar-refractivity contribution is -0.218. The Labute approximate surface area is 164 Å². The molecule has 2 aromatic rings. The van der Waals surface area contributed by atoms with Crippen molar-refractivity contribution in [1.29, 1.82) is 0 Å². The molecule has 1 saturated heterocycles. The van der Waals surface area contributed by atoms with Crippen LogP contribution in [-0.4, -0.2) is 22.6 Å². The lowest BCUT2D eigenvalue weighted by atomic mass is 9.97. The fourth-order valence-corrected chi connectivity index (χ4v) is 3.89.